The molecule has 3 aromatic rings. The van der Waals surface area contributed by atoms with Crippen molar-refractivity contribution >= 4 is 50.7 Å². The van der Waals surface area contributed by atoms with Crippen LogP contribution in [0.4, 0.5) is 17.1 Å². The van der Waals surface area contributed by atoms with Gasteiger partial charge in [-0.2, -0.15) is 13.0 Å². The lowest BCUT2D eigenvalue weighted by Crippen LogP contribution is -2.31. The van der Waals surface area contributed by atoms with Crippen LogP contribution in [0.3, 0.4) is 0 Å². The summed E-state index contributed by atoms with van der Waals surface area (Å²) in [6.45, 7) is 13.2. The first kappa shape index (κ1) is 46.7. The van der Waals surface area contributed by atoms with E-state index in [0.717, 1.165) is 33.9 Å². The number of hydrogen-bond acceptors (Lipinski definition) is 11. The van der Waals surface area contributed by atoms with Crippen LogP contribution in [-0.2, 0) is 56.2 Å². The van der Waals surface area contributed by atoms with Gasteiger partial charge in [0.15, 0.2) is 5.71 Å². The molecule has 334 valence electrons. The van der Waals surface area contributed by atoms with Crippen LogP contribution in [0.1, 0.15) is 88.5 Å². The van der Waals surface area contributed by atoms with Gasteiger partial charge in [-0.3, -0.25) is 24.3 Å². The number of imide groups is 1. The number of nitro benzene ring substituents is 1. The first-order chi connectivity index (χ1) is 29.9. The van der Waals surface area contributed by atoms with Gasteiger partial charge >= 0.3 is 5.97 Å². The number of nitrogens with zero attached hydrogens (tertiary/aromatic N) is 4. The molecule has 6 rings (SSSR count). The molecule has 0 aliphatic carbocycles. The summed E-state index contributed by atoms with van der Waals surface area (Å²) in [5.74, 6) is -1.68. The van der Waals surface area contributed by atoms with E-state index in [1.807, 2.05) is 38.2 Å². The molecule has 0 atom stereocenters. The Morgan fingerprint density at radius 3 is 2.29 bits per heavy atom. The SMILES string of the molecule is Cc1ccc2c(c1)C(C)(C)C(=CC=CC=CC1=[N+](CCCCCC(=O)ON3C(=O)CCC3=O)c3ccc(S(=O)(=O)O)cc3C1(C)C)N2CCOCCOCc1ccc([N+](=O)[O-])cc1. The van der Waals surface area contributed by atoms with E-state index in [0.29, 0.717) is 63.8 Å². The standard InChI is InChI=1S/C47H54N4O11S/c1-33-15-21-39-37(30-33)46(2,3)42(49(39)26-27-60-28-29-61-32-34-16-18-35(19-17-34)51(55)56)13-9-6-8-12-41-47(4,5)38-31-36(63(57,58)59)20-22-40(38)48(41)25-11-7-10-14-45(54)62-50-43(52)23-24-44(50)53/h6,8-9,12-13,15-22,30-31H,7,10-11,14,23-29,32H2,1-5H3/p+1. The average molecular weight is 884 g/mol. The van der Waals surface area contributed by atoms with Crippen molar-refractivity contribution in [3.63, 3.8) is 0 Å². The maximum atomic E-state index is 12.4. The van der Waals surface area contributed by atoms with E-state index in [1.54, 1.807) is 18.2 Å². The number of amides is 2. The summed E-state index contributed by atoms with van der Waals surface area (Å²) in [6.07, 6.45) is 12.0. The molecule has 0 aromatic heterocycles. The highest BCUT2D eigenvalue weighted by molar-refractivity contribution is 7.85. The van der Waals surface area contributed by atoms with Crippen LogP contribution < -0.4 is 4.90 Å². The number of allylic oxidation sites excluding steroid dienone is 6. The number of unbranched alkanes of at least 4 members (excludes halogenated alkanes) is 2. The Morgan fingerprint density at radius 2 is 1.59 bits per heavy atom. The zero-order valence-corrected chi connectivity index (χ0v) is 37.2. The molecule has 0 bridgehead atoms. The zero-order chi connectivity index (χ0) is 45.5. The van der Waals surface area contributed by atoms with Gasteiger partial charge in [0.2, 0.25) is 5.69 Å². The van der Waals surface area contributed by atoms with Crippen molar-refractivity contribution in [2.24, 2.45) is 0 Å². The lowest BCUT2D eigenvalue weighted by molar-refractivity contribution is -0.438. The highest BCUT2D eigenvalue weighted by atomic mass is 32.2. The third kappa shape index (κ3) is 10.9. The van der Waals surface area contributed by atoms with Crippen LogP contribution in [0.2, 0.25) is 0 Å². The van der Waals surface area contributed by atoms with Crippen molar-refractivity contribution in [3.8, 4) is 0 Å². The molecule has 15 nitrogen and oxygen atoms in total. The second kappa shape index (κ2) is 19.7. The van der Waals surface area contributed by atoms with Crippen LogP contribution >= 0.6 is 0 Å². The summed E-state index contributed by atoms with van der Waals surface area (Å²) in [4.78, 5) is 53.6. The Bertz CT molecular complexity index is 2470. The van der Waals surface area contributed by atoms with Crippen LogP contribution in [0.5, 0.6) is 0 Å². The molecule has 3 heterocycles. The number of hydrogen-bond donors (Lipinski definition) is 1. The Labute approximate surface area is 368 Å². The summed E-state index contributed by atoms with van der Waals surface area (Å²) in [6, 6.07) is 17.4. The summed E-state index contributed by atoms with van der Waals surface area (Å²) in [5, 5.41) is 11.5. The number of ether oxygens (including phenoxy) is 2. The van der Waals surface area contributed by atoms with Gasteiger partial charge in [0, 0.05) is 78.9 Å². The number of rotatable bonds is 20. The minimum Gasteiger partial charge on any atom is -0.377 e. The van der Waals surface area contributed by atoms with E-state index in [4.69, 9.17) is 14.3 Å². The molecule has 3 aromatic carbocycles. The predicted octanol–water partition coefficient (Wildman–Crippen LogP) is 7.72. The van der Waals surface area contributed by atoms with E-state index in [1.165, 1.54) is 35.4 Å². The van der Waals surface area contributed by atoms with Crippen molar-refractivity contribution in [3.05, 3.63) is 129 Å². The fourth-order valence-electron chi connectivity index (χ4n) is 8.24. The van der Waals surface area contributed by atoms with E-state index in [-0.39, 0.29) is 35.3 Å². The molecule has 0 unspecified atom stereocenters. The van der Waals surface area contributed by atoms with E-state index in [2.05, 4.69) is 54.5 Å². The number of aryl methyl sites for hydroxylation is 1. The molecule has 3 aliphatic heterocycles. The quantitative estimate of drug-likeness (QED) is 0.0222. The van der Waals surface area contributed by atoms with Crippen molar-refractivity contribution in [1.29, 1.82) is 0 Å². The first-order valence-corrected chi connectivity index (χ1v) is 22.5. The Kier molecular flexibility index (Phi) is 14.6. The third-order valence-electron chi connectivity index (χ3n) is 11.6. The number of carbonyl (C=O) groups excluding carboxylic acids is 3. The first-order valence-electron chi connectivity index (χ1n) is 21.1. The van der Waals surface area contributed by atoms with Gasteiger partial charge in [-0.1, -0.05) is 49.8 Å². The number of nitro groups is 1. The van der Waals surface area contributed by atoms with Gasteiger partial charge in [0.25, 0.3) is 27.6 Å². The van der Waals surface area contributed by atoms with Gasteiger partial charge < -0.3 is 19.2 Å². The van der Waals surface area contributed by atoms with Crippen LogP contribution in [0.15, 0.2) is 102 Å². The highest BCUT2D eigenvalue weighted by Crippen LogP contribution is 2.48. The Morgan fingerprint density at radius 1 is 0.873 bits per heavy atom. The van der Waals surface area contributed by atoms with Gasteiger partial charge in [-0.15, -0.1) is 5.06 Å². The molecule has 16 heteroatoms. The van der Waals surface area contributed by atoms with Gasteiger partial charge in [0.1, 0.15) is 6.54 Å². The fraction of sp³-hybridized carbons (Fsp3) is 0.404. The van der Waals surface area contributed by atoms with Crippen molar-refractivity contribution in [2.75, 3.05) is 37.8 Å². The fourth-order valence-corrected chi connectivity index (χ4v) is 8.75. The van der Waals surface area contributed by atoms with Gasteiger partial charge in [-0.05, 0) is 81.1 Å². The number of benzene rings is 3. The smallest absolute Gasteiger partial charge is 0.333 e. The van der Waals surface area contributed by atoms with Crippen molar-refractivity contribution < 1.29 is 51.2 Å². The van der Waals surface area contributed by atoms with E-state index >= 15 is 0 Å². The van der Waals surface area contributed by atoms with Gasteiger partial charge in [0.05, 0.1) is 41.7 Å². The Balaban J connectivity index is 1.12. The molecular formula is C47H55N4O11S+. The lowest BCUT2D eigenvalue weighted by Gasteiger charge is -2.27. The molecule has 0 saturated carbocycles. The lowest BCUT2D eigenvalue weighted by atomic mass is 9.81. The predicted molar refractivity (Wildman–Crippen MR) is 236 cm³/mol. The van der Waals surface area contributed by atoms with E-state index in [9.17, 15) is 37.5 Å². The summed E-state index contributed by atoms with van der Waals surface area (Å²) < 4.78 is 48.0. The molecule has 2 amide bonds. The number of carbonyl (C=O) groups is 3. The second-order valence-corrected chi connectivity index (χ2v) is 18.3. The highest BCUT2D eigenvalue weighted by Gasteiger charge is 2.45. The minimum absolute atomic E-state index is 0.0317. The largest absolute Gasteiger partial charge is 0.377 e. The van der Waals surface area contributed by atoms with Crippen LogP contribution in [-0.4, -0.2) is 83.9 Å². The molecule has 0 spiro atoms. The van der Waals surface area contributed by atoms with Crippen LogP contribution in [0, 0.1) is 17.0 Å². The number of fused-ring (bicyclic) bond motifs is 2. The molecule has 0 radical (unpaired) electrons. The molecule has 63 heavy (non-hydrogen) atoms. The summed E-state index contributed by atoms with van der Waals surface area (Å²) in [7, 11) is -4.44. The van der Waals surface area contributed by atoms with E-state index < -0.39 is 38.2 Å². The number of non-ortho nitro benzene ring substituents is 1. The maximum absolute atomic E-state index is 12.4. The molecule has 1 fully saturated rings. The van der Waals surface area contributed by atoms with Crippen molar-refractivity contribution in [1.82, 2.24) is 5.06 Å². The van der Waals surface area contributed by atoms with Crippen molar-refractivity contribution in [2.45, 2.75) is 95.5 Å². The third-order valence-corrected chi connectivity index (χ3v) is 12.5. The minimum atomic E-state index is -4.44. The molecule has 1 saturated heterocycles. The average Bonchev–Trinajstić information content (AvgIpc) is 3.74. The van der Waals surface area contributed by atoms with Gasteiger partial charge in [-0.25, -0.2) is 4.79 Å². The number of hydroxylamine groups is 2. The summed E-state index contributed by atoms with van der Waals surface area (Å²) in [5.41, 5.74) is 7.06. The maximum Gasteiger partial charge on any atom is 0.333 e. The molecular weight excluding hydrogens is 829 g/mol. The molecule has 3 aliphatic rings. The Hall–Kier alpha value is -5.81. The zero-order valence-electron chi connectivity index (χ0n) is 36.4. The monoisotopic (exact) mass is 883 g/mol. The van der Waals surface area contributed by atoms with Crippen LogP contribution in [0.25, 0.3) is 0 Å². The number of anilines is 1. The second-order valence-electron chi connectivity index (χ2n) is 16.9. The topological polar surface area (TPSA) is 186 Å². The normalized spacial score (nSPS) is 17.5. The molecule has 1 N–H and O–H groups in total. The summed E-state index contributed by atoms with van der Waals surface area (Å²) >= 11 is 0.